The molecule has 4 N–H and O–H groups in total. The molecule has 1 aromatic carbocycles. The Balaban J connectivity index is 2.32. The van der Waals surface area contributed by atoms with E-state index in [0.29, 0.717) is 17.1 Å². The molecule has 0 saturated carbocycles. The summed E-state index contributed by atoms with van der Waals surface area (Å²) in [5.41, 5.74) is 0.842. The van der Waals surface area contributed by atoms with Gasteiger partial charge in [0.1, 0.15) is 5.82 Å². The Labute approximate surface area is 137 Å². The van der Waals surface area contributed by atoms with E-state index in [0.717, 1.165) is 5.56 Å². The molecule has 122 valence electrons. The van der Waals surface area contributed by atoms with Crippen molar-refractivity contribution in [3.8, 4) is 0 Å². The van der Waals surface area contributed by atoms with Crippen LogP contribution >= 0.6 is 11.6 Å². The van der Waals surface area contributed by atoms with Crippen molar-refractivity contribution in [2.24, 2.45) is 0 Å². The lowest BCUT2D eigenvalue weighted by molar-refractivity contribution is 0.189. The summed E-state index contributed by atoms with van der Waals surface area (Å²) in [6, 6.07) is 7.50. The Morgan fingerprint density at radius 1 is 1.35 bits per heavy atom. The number of hydrogen-bond acceptors (Lipinski definition) is 4. The van der Waals surface area contributed by atoms with Crippen LogP contribution in [0.5, 0.6) is 0 Å². The minimum atomic E-state index is -1.22. The third-order valence-electron chi connectivity index (χ3n) is 3.16. The first-order chi connectivity index (χ1) is 11.0. The van der Waals surface area contributed by atoms with Gasteiger partial charge in [-0.2, -0.15) is 0 Å². The SMILES string of the molecule is O=C(O)N[C@@H](Cc1ccc(Cl)cc1)c1nc(CCO)cc(=O)[nH]1. The van der Waals surface area contributed by atoms with Crippen LogP contribution in [0.4, 0.5) is 4.79 Å². The summed E-state index contributed by atoms with van der Waals surface area (Å²) in [6.45, 7) is -0.149. The zero-order valence-corrected chi connectivity index (χ0v) is 12.9. The number of rotatable bonds is 6. The number of amides is 1. The number of aliphatic hydroxyl groups excluding tert-OH is 1. The Bertz CT molecular complexity index is 730. The van der Waals surface area contributed by atoms with Gasteiger partial charge in [0, 0.05) is 30.5 Å². The minimum absolute atomic E-state index is 0.149. The van der Waals surface area contributed by atoms with Crippen molar-refractivity contribution in [1.29, 1.82) is 0 Å². The van der Waals surface area contributed by atoms with E-state index in [4.69, 9.17) is 21.8 Å². The van der Waals surface area contributed by atoms with E-state index < -0.39 is 17.7 Å². The van der Waals surface area contributed by atoms with Crippen LogP contribution in [0.2, 0.25) is 5.02 Å². The van der Waals surface area contributed by atoms with Crippen molar-refractivity contribution in [3.05, 3.63) is 62.8 Å². The average Bonchev–Trinajstić information content (AvgIpc) is 2.48. The van der Waals surface area contributed by atoms with Gasteiger partial charge in [-0.25, -0.2) is 9.78 Å². The van der Waals surface area contributed by atoms with Gasteiger partial charge < -0.3 is 20.5 Å². The highest BCUT2D eigenvalue weighted by Gasteiger charge is 2.18. The lowest BCUT2D eigenvalue weighted by Gasteiger charge is -2.17. The second kappa shape index (κ2) is 7.75. The van der Waals surface area contributed by atoms with Crippen LogP contribution in [-0.2, 0) is 12.8 Å². The molecule has 0 fully saturated rings. The zero-order chi connectivity index (χ0) is 16.8. The number of aliphatic hydroxyl groups is 1. The van der Waals surface area contributed by atoms with Gasteiger partial charge in [0.05, 0.1) is 11.7 Å². The smallest absolute Gasteiger partial charge is 0.405 e. The molecule has 1 amide bonds. The minimum Gasteiger partial charge on any atom is -0.465 e. The number of carboxylic acid groups (broad SMARTS) is 1. The number of halogens is 1. The molecule has 0 aliphatic heterocycles. The van der Waals surface area contributed by atoms with Gasteiger partial charge in [0.2, 0.25) is 0 Å². The summed E-state index contributed by atoms with van der Waals surface area (Å²) >= 11 is 5.83. The van der Waals surface area contributed by atoms with E-state index >= 15 is 0 Å². The fraction of sp³-hybridized carbons (Fsp3) is 0.267. The standard InChI is InChI=1S/C15H16ClN3O4/c16-10-3-1-9(2-4-10)7-12(18-15(22)23)14-17-11(5-6-20)8-13(21)19-14/h1-4,8,12,18,20H,5-7H2,(H,22,23)(H,17,19,21)/t12-/m0/s1. The number of aromatic nitrogens is 2. The van der Waals surface area contributed by atoms with Gasteiger partial charge in [-0.05, 0) is 17.7 Å². The Kier molecular flexibility index (Phi) is 5.72. The van der Waals surface area contributed by atoms with Gasteiger partial charge in [-0.1, -0.05) is 23.7 Å². The Morgan fingerprint density at radius 3 is 2.65 bits per heavy atom. The largest absolute Gasteiger partial charge is 0.465 e. The molecule has 0 aliphatic carbocycles. The molecule has 1 aromatic heterocycles. The molecule has 8 heteroatoms. The van der Waals surface area contributed by atoms with Crippen molar-refractivity contribution in [2.75, 3.05) is 6.61 Å². The summed E-state index contributed by atoms with van der Waals surface area (Å²) in [6.07, 6.45) is -0.703. The predicted molar refractivity (Wildman–Crippen MR) is 84.7 cm³/mol. The summed E-state index contributed by atoms with van der Waals surface area (Å²) < 4.78 is 0. The fourth-order valence-electron chi connectivity index (χ4n) is 2.16. The number of hydrogen-bond donors (Lipinski definition) is 4. The average molecular weight is 338 g/mol. The third kappa shape index (κ3) is 5.08. The molecule has 0 aliphatic rings. The third-order valence-corrected chi connectivity index (χ3v) is 3.41. The quantitative estimate of drug-likeness (QED) is 0.637. The molecular formula is C15H16ClN3O4. The number of nitrogens with zero attached hydrogens (tertiary/aromatic N) is 1. The summed E-state index contributed by atoms with van der Waals surface area (Å²) in [4.78, 5) is 29.5. The highest BCUT2D eigenvalue weighted by atomic mass is 35.5. The second-order valence-electron chi connectivity index (χ2n) is 4.93. The number of H-pyrrole nitrogens is 1. The molecule has 2 rings (SSSR count). The van der Waals surface area contributed by atoms with E-state index in [2.05, 4.69) is 15.3 Å². The molecule has 0 saturated heterocycles. The molecular weight excluding hydrogens is 322 g/mol. The first-order valence-corrected chi connectivity index (χ1v) is 7.30. The monoisotopic (exact) mass is 337 g/mol. The summed E-state index contributed by atoms with van der Waals surface area (Å²) in [5.74, 6) is 0.207. The maximum atomic E-state index is 11.7. The summed E-state index contributed by atoms with van der Waals surface area (Å²) in [5, 5.41) is 20.9. The van der Waals surface area contributed by atoms with E-state index in [1.165, 1.54) is 6.07 Å². The topological polar surface area (TPSA) is 115 Å². The number of benzene rings is 1. The van der Waals surface area contributed by atoms with E-state index in [-0.39, 0.29) is 18.9 Å². The lowest BCUT2D eigenvalue weighted by Crippen LogP contribution is -2.31. The van der Waals surface area contributed by atoms with Crippen LogP contribution in [0.15, 0.2) is 35.1 Å². The highest BCUT2D eigenvalue weighted by Crippen LogP contribution is 2.17. The number of nitrogens with one attached hydrogen (secondary N) is 2. The molecule has 0 spiro atoms. The van der Waals surface area contributed by atoms with Crippen molar-refractivity contribution >= 4 is 17.7 Å². The highest BCUT2D eigenvalue weighted by molar-refractivity contribution is 6.30. The second-order valence-corrected chi connectivity index (χ2v) is 5.36. The van der Waals surface area contributed by atoms with Gasteiger partial charge >= 0.3 is 6.09 Å². The van der Waals surface area contributed by atoms with Gasteiger partial charge in [0.25, 0.3) is 5.56 Å². The number of aromatic amines is 1. The number of carbonyl (C=O) groups is 1. The van der Waals surface area contributed by atoms with Crippen LogP contribution in [0.3, 0.4) is 0 Å². The fourth-order valence-corrected chi connectivity index (χ4v) is 2.28. The maximum absolute atomic E-state index is 11.7. The molecule has 0 unspecified atom stereocenters. The molecule has 0 radical (unpaired) electrons. The maximum Gasteiger partial charge on any atom is 0.405 e. The normalized spacial score (nSPS) is 11.9. The van der Waals surface area contributed by atoms with E-state index in [9.17, 15) is 9.59 Å². The van der Waals surface area contributed by atoms with Gasteiger partial charge in [-0.15, -0.1) is 0 Å². The Hall–Kier alpha value is -2.38. The van der Waals surface area contributed by atoms with Crippen molar-refractivity contribution < 1.29 is 15.0 Å². The zero-order valence-electron chi connectivity index (χ0n) is 12.1. The molecule has 1 atom stereocenters. The molecule has 23 heavy (non-hydrogen) atoms. The van der Waals surface area contributed by atoms with Crippen LogP contribution in [0.25, 0.3) is 0 Å². The van der Waals surface area contributed by atoms with Crippen LogP contribution in [-0.4, -0.2) is 32.9 Å². The van der Waals surface area contributed by atoms with Crippen molar-refractivity contribution in [2.45, 2.75) is 18.9 Å². The molecule has 7 nitrogen and oxygen atoms in total. The van der Waals surface area contributed by atoms with E-state index in [1.807, 2.05) is 0 Å². The molecule has 1 heterocycles. The Morgan fingerprint density at radius 2 is 2.04 bits per heavy atom. The summed E-state index contributed by atoms with van der Waals surface area (Å²) in [7, 11) is 0. The van der Waals surface area contributed by atoms with Crippen molar-refractivity contribution in [1.82, 2.24) is 15.3 Å². The predicted octanol–water partition coefficient (Wildman–Crippen LogP) is 1.51. The van der Waals surface area contributed by atoms with Crippen LogP contribution < -0.4 is 10.9 Å². The van der Waals surface area contributed by atoms with Crippen molar-refractivity contribution in [3.63, 3.8) is 0 Å². The molecule has 2 aromatic rings. The van der Waals surface area contributed by atoms with Crippen LogP contribution in [0, 0.1) is 0 Å². The van der Waals surface area contributed by atoms with Crippen LogP contribution in [0.1, 0.15) is 23.1 Å². The molecule has 0 bridgehead atoms. The van der Waals surface area contributed by atoms with Gasteiger partial charge in [-0.3, -0.25) is 4.79 Å². The van der Waals surface area contributed by atoms with E-state index in [1.54, 1.807) is 24.3 Å². The van der Waals surface area contributed by atoms with Gasteiger partial charge in [0.15, 0.2) is 0 Å². The lowest BCUT2D eigenvalue weighted by atomic mass is 10.1. The first kappa shape index (κ1) is 17.0. The first-order valence-electron chi connectivity index (χ1n) is 6.93.